The number of hydrogen-bond acceptors (Lipinski definition) is 3. The smallest absolute Gasteiger partial charge is 0.219 e. The van der Waals surface area contributed by atoms with Crippen LogP contribution in [0.3, 0.4) is 0 Å². The van der Waals surface area contributed by atoms with Crippen LogP contribution < -0.4 is 11.1 Å². The lowest BCUT2D eigenvalue weighted by Crippen LogP contribution is -2.35. The van der Waals surface area contributed by atoms with Gasteiger partial charge >= 0.3 is 0 Å². The van der Waals surface area contributed by atoms with Crippen molar-refractivity contribution in [2.24, 2.45) is 5.73 Å². The van der Waals surface area contributed by atoms with Gasteiger partial charge in [0.05, 0.1) is 10.6 Å². The highest BCUT2D eigenvalue weighted by Crippen LogP contribution is 2.23. The summed E-state index contributed by atoms with van der Waals surface area (Å²) in [4.78, 5) is 10.9. The number of nitrogens with zero attached hydrogens (tertiary/aromatic N) is 1. The van der Waals surface area contributed by atoms with E-state index in [-0.39, 0.29) is 12.3 Å². The van der Waals surface area contributed by atoms with Crippen LogP contribution in [0.1, 0.15) is 25.8 Å². The monoisotopic (exact) mass is 251 g/mol. The Morgan fingerprint density at radius 2 is 2.24 bits per heavy atom. The number of amides is 1. The van der Waals surface area contributed by atoms with Crippen molar-refractivity contribution >= 4 is 23.2 Å². The first-order chi connectivity index (χ1) is 7.84. The van der Waals surface area contributed by atoms with Crippen LogP contribution in [0.4, 0.5) is 5.69 Å². The number of primary amides is 1. The number of nitrogens with one attached hydrogen (secondary N) is 1. The predicted octanol–water partition coefficient (Wildman–Crippen LogP) is 2.28. The number of rotatable bonds is 4. The highest BCUT2D eigenvalue weighted by molar-refractivity contribution is 6.32. The van der Waals surface area contributed by atoms with Crippen molar-refractivity contribution in [2.75, 3.05) is 5.32 Å². The topological polar surface area (TPSA) is 78.9 Å². The van der Waals surface area contributed by atoms with Gasteiger partial charge < -0.3 is 11.1 Å². The Hall–Kier alpha value is -1.73. The highest BCUT2D eigenvalue weighted by atomic mass is 35.5. The summed E-state index contributed by atoms with van der Waals surface area (Å²) in [6.07, 6.45) is 0.213. The lowest BCUT2D eigenvalue weighted by atomic mass is 9.99. The second-order valence-corrected chi connectivity index (χ2v) is 4.87. The molecule has 5 heteroatoms. The zero-order chi connectivity index (χ0) is 13.1. The van der Waals surface area contributed by atoms with Gasteiger partial charge in [-0.05, 0) is 32.0 Å². The maximum absolute atomic E-state index is 10.9. The van der Waals surface area contributed by atoms with Crippen molar-refractivity contribution in [1.29, 1.82) is 5.26 Å². The maximum Gasteiger partial charge on any atom is 0.219 e. The van der Waals surface area contributed by atoms with E-state index in [1.165, 1.54) is 0 Å². The van der Waals surface area contributed by atoms with Crippen LogP contribution >= 0.6 is 11.6 Å². The van der Waals surface area contributed by atoms with Crippen LogP contribution in [0.25, 0.3) is 0 Å². The van der Waals surface area contributed by atoms with E-state index in [1.807, 2.05) is 19.9 Å². The largest absolute Gasteiger partial charge is 0.380 e. The van der Waals surface area contributed by atoms with Gasteiger partial charge in [0.15, 0.2) is 0 Å². The van der Waals surface area contributed by atoms with E-state index in [1.54, 1.807) is 18.2 Å². The van der Waals surface area contributed by atoms with Crippen LogP contribution in [-0.2, 0) is 4.79 Å². The molecule has 17 heavy (non-hydrogen) atoms. The van der Waals surface area contributed by atoms with Crippen LogP contribution in [0.15, 0.2) is 18.2 Å². The van der Waals surface area contributed by atoms with Crippen molar-refractivity contribution in [3.05, 3.63) is 28.8 Å². The van der Waals surface area contributed by atoms with Crippen LogP contribution in [0.5, 0.6) is 0 Å². The average molecular weight is 252 g/mol. The number of carbonyl (C=O) groups excluding carboxylic acids is 1. The van der Waals surface area contributed by atoms with Crippen molar-refractivity contribution < 1.29 is 4.79 Å². The minimum Gasteiger partial charge on any atom is -0.380 e. The minimum absolute atomic E-state index is 0.213. The van der Waals surface area contributed by atoms with Crippen molar-refractivity contribution in [3.8, 4) is 6.07 Å². The molecule has 3 N–H and O–H groups in total. The van der Waals surface area contributed by atoms with Gasteiger partial charge in [-0.1, -0.05) is 11.6 Å². The fourth-order valence-corrected chi connectivity index (χ4v) is 1.78. The molecule has 1 aromatic rings. The normalized spacial score (nSPS) is 10.7. The van der Waals surface area contributed by atoms with Gasteiger partial charge in [0.25, 0.3) is 0 Å². The summed E-state index contributed by atoms with van der Waals surface area (Å²) in [5.41, 5.74) is 5.88. The molecule has 90 valence electrons. The van der Waals surface area contributed by atoms with E-state index in [9.17, 15) is 4.79 Å². The Bertz CT molecular complexity index is 477. The third-order valence-corrected chi connectivity index (χ3v) is 2.50. The molecule has 0 bridgehead atoms. The molecule has 0 saturated carbocycles. The van der Waals surface area contributed by atoms with E-state index in [0.717, 1.165) is 5.69 Å². The molecule has 0 aliphatic rings. The van der Waals surface area contributed by atoms with Crippen molar-refractivity contribution in [3.63, 3.8) is 0 Å². The fourth-order valence-electron chi connectivity index (χ4n) is 1.55. The average Bonchev–Trinajstić information content (AvgIpc) is 2.14. The molecule has 0 aliphatic heterocycles. The first-order valence-electron chi connectivity index (χ1n) is 5.10. The Labute approximate surface area is 105 Å². The van der Waals surface area contributed by atoms with Gasteiger partial charge in [-0.3, -0.25) is 4.79 Å². The molecule has 0 radical (unpaired) electrons. The first kappa shape index (κ1) is 13.3. The SMILES string of the molecule is CC(C)(CC(N)=O)Nc1ccc(C#N)c(Cl)c1. The Kier molecular flexibility index (Phi) is 3.97. The Morgan fingerprint density at radius 3 is 2.71 bits per heavy atom. The fraction of sp³-hybridized carbons (Fsp3) is 0.333. The number of carbonyl (C=O) groups is 1. The molecule has 0 atom stereocenters. The molecule has 1 amide bonds. The number of halogens is 1. The number of nitriles is 1. The summed E-state index contributed by atoms with van der Waals surface area (Å²) in [6.45, 7) is 3.73. The second kappa shape index (κ2) is 5.07. The molecule has 1 rings (SSSR count). The summed E-state index contributed by atoms with van der Waals surface area (Å²) in [7, 11) is 0. The highest BCUT2D eigenvalue weighted by Gasteiger charge is 2.20. The molecule has 4 nitrogen and oxygen atoms in total. The van der Waals surface area contributed by atoms with Crippen molar-refractivity contribution in [1.82, 2.24) is 0 Å². The van der Waals surface area contributed by atoms with Crippen LogP contribution in [0, 0.1) is 11.3 Å². The van der Waals surface area contributed by atoms with Gasteiger partial charge in [0.2, 0.25) is 5.91 Å². The quantitative estimate of drug-likeness (QED) is 0.862. The zero-order valence-electron chi connectivity index (χ0n) is 9.75. The van der Waals surface area contributed by atoms with Crippen LogP contribution in [0.2, 0.25) is 5.02 Å². The molecule has 0 heterocycles. The molecular weight excluding hydrogens is 238 g/mol. The number of benzene rings is 1. The Balaban J connectivity index is 2.86. The second-order valence-electron chi connectivity index (χ2n) is 4.46. The van der Waals surface area contributed by atoms with Gasteiger partial charge in [-0.2, -0.15) is 5.26 Å². The predicted molar refractivity (Wildman–Crippen MR) is 67.7 cm³/mol. The minimum atomic E-state index is -0.455. The molecule has 0 fully saturated rings. The summed E-state index contributed by atoms with van der Waals surface area (Å²) in [5.74, 6) is -0.373. The zero-order valence-corrected chi connectivity index (χ0v) is 10.5. The first-order valence-corrected chi connectivity index (χ1v) is 5.48. The van der Waals surface area contributed by atoms with Gasteiger partial charge in [0, 0.05) is 17.6 Å². The molecular formula is C12H14ClN3O. The van der Waals surface area contributed by atoms with E-state index in [0.29, 0.717) is 10.6 Å². The van der Waals surface area contributed by atoms with E-state index < -0.39 is 5.54 Å². The van der Waals surface area contributed by atoms with Crippen LogP contribution in [-0.4, -0.2) is 11.4 Å². The Morgan fingerprint density at radius 1 is 1.59 bits per heavy atom. The lowest BCUT2D eigenvalue weighted by Gasteiger charge is -2.26. The van der Waals surface area contributed by atoms with Gasteiger partial charge in [-0.15, -0.1) is 0 Å². The summed E-state index contributed by atoms with van der Waals surface area (Å²) in [5, 5.41) is 12.3. The van der Waals surface area contributed by atoms with E-state index >= 15 is 0 Å². The summed E-state index contributed by atoms with van der Waals surface area (Å²) >= 11 is 5.91. The molecule has 0 saturated heterocycles. The molecule has 1 aromatic carbocycles. The van der Waals surface area contributed by atoms with E-state index in [2.05, 4.69) is 5.32 Å². The molecule has 0 aliphatic carbocycles. The summed E-state index contributed by atoms with van der Waals surface area (Å²) in [6, 6.07) is 7.01. The summed E-state index contributed by atoms with van der Waals surface area (Å²) < 4.78 is 0. The lowest BCUT2D eigenvalue weighted by molar-refractivity contribution is -0.118. The third-order valence-electron chi connectivity index (χ3n) is 2.19. The molecule has 0 unspecified atom stereocenters. The third kappa shape index (κ3) is 3.97. The number of nitrogens with two attached hydrogens (primary N) is 1. The van der Waals surface area contributed by atoms with E-state index in [4.69, 9.17) is 22.6 Å². The van der Waals surface area contributed by atoms with Gasteiger partial charge in [-0.25, -0.2) is 0 Å². The maximum atomic E-state index is 10.9. The molecule has 0 aromatic heterocycles. The van der Waals surface area contributed by atoms with Gasteiger partial charge in [0.1, 0.15) is 6.07 Å². The number of anilines is 1. The standard InChI is InChI=1S/C12H14ClN3O/c1-12(2,6-11(15)17)16-9-4-3-8(7-14)10(13)5-9/h3-5,16H,6H2,1-2H3,(H2,15,17). The number of hydrogen-bond donors (Lipinski definition) is 2. The molecule has 0 spiro atoms. The van der Waals surface area contributed by atoms with Crippen molar-refractivity contribution in [2.45, 2.75) is 25.8 Å².